The lowest BCUT2D eigenvalue weighted by Crippen LogP contribution is -2.39. The van der Waals surface area contributed by atoms with E-state index in [1.54, 1.807) is 18.2 Å². The van der Waals surface area contributed by atoms with Crippen LogP contribution in [0.5, 0.6) is 5.88 Å². The van der Waals surface area contributed by atoms with E-state index in [0.29, 0.717) is 11.4 Å². The fourth-order valence-electron chi connectivity index (χ4n) is 3.06. The van der Waals surface area contributed by atoms with Gasteiger partial charge in [-0.3, -0.25) is 18.7 Å². The van der Waals surface area contributed by atoms with Crippen molar-refractivity contribution in [2.45, 2.75) is 20.8 Å². The first-order valence-corrected chi connectivity index (χ1v) is 11.2. The first-order valence-electron chi connectivity index (χ1n) is 10.2. The number of nitrogens with zero attached hydrogens (tertiary/aromatic N) is 3. The van der Waals surface area contributed by atoms with E-state index in [1.165, 1.54) is 14.1 Å². The number of carbonyl (C=O) groups is 1. The normalized spacial score (nSPS) is 11.5. The maximum atomic E-state index is 12.9. The lowest BCUT2D eigenvalue weighted by molar-refractivity contribution is -0.113. The lowest BCUT2D eigenvalue weighted by Gasteiger charge is -2.13. The molecule has 0 saturated heterocycles. The van der Waals surface area contributed by atoms with E-state index >= 15 is 0 Å². The van der Waals surface area contributed by atoms with Gasteiger partial charge < -0.3 is 10.4 Å². The summed E-state index contributed by atoms with van der Waals surface area (Å²) >= 11 is 1.01. The van der Waals surface area contributed by atoms with Crippen LogP contribution in [-0.4, -0.2) is 30.9 Å². The Morgan fingerprint density at radius 1 is 1.00 bits per heavy atom. The average molecular weight is 467 g/mol. The molecule has 1 aromatic heterocycles. The first-order chi connectivity index (χ1) is 15.6. The van der Waals surface area contributed by atoms with E-state index in [-0.39, 0.29) is 22.3 Å². The Morgan fingerprint density at radius 3 is 2.30 bits per heavy atom. The number of amides is 1. The molecule has 2 N–H and O–H groups in total. The molecule has 0 atom stereocenters. The van der Waals surface area contributed by atoms with Crippen molar-refractivity contribution < 1.29 is 9.90 Å². The van der Waals surface area contributed by atoms with Gasteiger partial charge in [0.2, 0.25) is 11.8 Å². The molecule has 9 heteroatoms. The third-order valence-electron chi connectivity index (χ3n) is 5.24. The molecule has 2 aromatic carbocycles. The van der Waals surface area contributed by atoms with Crippen molar-refractivity contribution in [3.63, 3.8) is 0 Å². The number of anilines is 1. The third-order valence-corrected chi connectivity index (χ3v) is 6.22. The van der Waals surface area contributed by atoms with E-state index in [0.717, 1.165) is 37.6 Å². The predicted molar refractivity (Wildman–Crippen MR) is 133 cm³/mol. The molecule has 0 spiro atoms. The highest BCUT2D eigenvalue weighted by Crippen LogP contribution is 2.25. The number of thioether (sulfide) groups is 1. The molecule has 0 fully saturated rings. The predicted octanol–water partition coefficient (Wildman–Crippen LogP) is 3.17. The fraction of sp³-hybridized carbons (Fsp3) is 0.250. The second-order valence-corrected chi connectivity index (χ2v) is 8.76. The van der Waals surface area contributed by atoms with Crippen molar-refractivity contribution in [1.82, 2.24) is 9.13 Å². The van der Waals surface area contributed by atoms with Crippen LogP contribution in [0.15, 0.2) is 57.0 Å². The summed E-state index contributed by atoms with van der Waals surface area (Å²) in [6.07, 6.45) is 0. The van der Waals surface area contributed by atoms with Crippen molar-refractivity contribution in [3.05, 3.63) is 85.6 Å². The Morgan fingerprint density at radius 2 is 1.67 bits per heavy atom. The SMILES string of the molecule is Cc1ccc(NC(=O)CSC(=Nc2ccc(C)c(C)c2)c2c(O)n(C)c(=O)n(C)c2=O)cc1. The van der Waals surface area contributed by atoms with Gasteiger partial charge in [-0.05, 0) is 56.2 Å². The summed E-state index contributed by atoms with van der Waals surface area (Å²) in [6, 6.07) is 12.9. The van der Waals surface area contributed by atoms with Gasteiger partial charge in [0.15, 0.2) is 0 Å². The van der Waals surface area contributed by atoms with Crippen LogP contribution in [0.4, 0.5) is 11.4 Å². The largest absolute Gasteiger partial charge is 0.494 e. The van der Waals surface area contributed by atoms with Crippen LogP contribution in [0, 0.1) is 20.8 Å². The molecular formula is C24H26N4O4S. The van der Waals surface area contributed by atoms with E-state index in [4.69, 9.17) is 0 Å². The third kappa shape index (κ3) is 5.43. The molecule has 0 radical (unpaired) electrons. The van der Waals surface area contributed by atoms with Crippen molar-refractivity contribution in [2.24, 2.45) is 19.1 Å². The molecule has 3 aromatic rings. The molecule has 0 aliphatic carbocycles. The molecule has 0 bridgehead atoms. The molecule has 172 valence electrons. The van der Waals surface area contributed by atoms with Gasteiger partial charge in [0.25, 0.3) is 5.56 Å². The summed E-state index contributed by atoms with van der Waals surface area (Å²) < 4.78 is 1.87. The van der Waals surface area contributed by atoms with E-state index in [2.05, 4.69) is 10.3 Å². The number of carbonyl (C=O) groups excluding carboxylic acids is 1. The van der Waals surface area contributed by atoms with Crippen molar-refractivity contribution in [1.29, 1.82) is 0 Å². The maximum Gasteiger partial charge on any atom is 0.333 e. The summed E-state index contributed by atoms with van der Waals surface area (Å²) in [5.74, 6) is -0.849. The summed E-state index contributed by atoms with van der Waals surface area (Å²) in [7, 11) is 2.69. The van der Waals surface area contributed by atoms with Gasteiger partial charge in [-0.1, -0.05) is 35.5 Å². The van der Waals surface area contributed by atoms with Gasteiger partial charge in [0.1, 0.15) is 10.6 Å². The number of aromatic nitrogens is 2. The van der Waals surface area contributed by atoms with Crippen LogP contribution in [0.1, 0.15) is 22.3 Å². The standard InChI is InChI=1S/C24H26N4O4S/c1-14-6-9-17(10-7-14)25-19(29)13-33-21(26-18-11-8-15(2)16(3)12-18)20-22(30)27(4)24(32)28(5)23(20)31/h6-12,30H,13H2,1-5H3,(H,25,29). The summed E-state index contributed by atoms with van der Waals surface area (Å²) in [5.41, 5.74) is 2.90. The lowest BCUT2D eigenvalue weighted by atomic mass is 10.1. The second-order valence-electron chi connectivity index (χ2n) is 7.79. The molecule has 1 heterocycles. The monoisotopic (exact) mass is 466 g/mol. The minimum absolute atomic E-state index is 0.0526. The Hall–Kier alpha value is -3.59. The maximum absolute atomic E-state index is 12.9. The topological polar surface area (TPSA) is 106 Å². The number of nitrogens with one attached hydrogen (secondary N) is 1. The van der Waals surface area contributed by atoms with E-state index in [9.17, 15) is 19.5 Å². The van der Waals surface area contributed by atoms with Gasteiger partial charge in [0.05, 0.1) is 11.4 Å². The number of hydrogen-bond donors (Lipinski definition) is 2. The van der Waals surface area contributed by atoms with Crippen LogP contribution in [0.3, 0.4) is 0 Å². The van der Waals surface area contributed by atoms with Gasteiger partial charge in [-0.15, -0.1) is 0 Å². The van der Waals surface area contributed by atoms with E-state index in [1.807, 2.05) is 45.0 Å². The minimum atomic E-state index is -0.690. The first kappa shape index (κ1) is 24.1. The number of benzene rings is 2. The molecule has 0 unspecified atom stereocenters. The number of hydrogen-bond acceptors (Lipinski definition) is 6. The Labute approximate surface area is 195 Å². The Kier molecular flexibility index (Phi) is 7.23. The molecule has 8 nitrogen and oxygen atoms in total. The summed E-state index contributed by atoms with van der Waals surface area (Å²) in [6.45, 7) is 5.87. The zero-order chi connectivity index (χ0) is 24.3. The quantitative estimate of drug-likeness (QED) is 0.444. The minimum Gasteiger partial charge on any atom is -0.494 e. The second kappa shape index (κ2) is 9.91. The van der Waals surface area contributed by atoms with Crippen LogP contribution in [0.2, 0.25) is 0 Å². The summed E-state index contributed by atoms with van der Waals surface area (Å²) in [5, 5.41) is 13.6. The Balaban J connectivity index is 2.00. The molecular weight excluding hydrogens is 440 g/mol. The zero-order valence-corrected chi connectivity index (χ0v) is 20.0. The molecule has 3 rings (SSSR count). The fourth-order valence-corrected chi connectivity index (χ4v) is 3.89. The van der Waals surface area contributed by atoms with Crippen LogP contribution in [0.25, 0.3) is 0 Å². The van der Waals surface area contributed by atoms with Gasteiger partial charge in [-0.25, -0.2) is 9.79 Å². The van der Waals surface area contributed by atoms with Crippen LogP contribution in [-0.2, 0) is 18.9 Å². The van der Waals surface area contributed by atoms with Crippen LogP contribution < -0.4 is 16.6 Å². The van der Waals surface area contributed by atoms with Crippen molar-refractivity contribution in [3.8, 4) is 5.88 Å². The highest BCUT2D eigenvalue weighted by molar-refractivity contribution is 8.15. The molecule has 33 heavy (non-hydrogen) atoms. The average Bonchev–Trinajstić information content (AvgIpc) is 2.78. The van der Waals surface area contributed by atoms with Crippen LogP contribution >= 0.6 is 11.8 Å². The van der Waals surface area contributed by atoms with Crippen molar-refractivity contribution in [2.75, 3.05) is 11.1 Å². The smallest absolute Gasteiger partial charge is 0.333 e. The number of aliphatic imine (C=N–C) groups is 1. The molecule has 0 saturated carbocycles. The van der Waals surface area contributed by atoms with Crippen molar-refractivity contribution >= 4 is 34.1 Å². The van der Waals surface area contributed by atoms with Gasteiger partial charge >= 0.3 is 5.69 Å². The zero-order valence-electron chi connectivity index (χ0n) is 19.2. The highest BCUT2D eigenvalue weighted by atomic mass is 32.2. The summed E-state index contributed by atoms with van der Waals surface area (Å²) in [4.78, 5) is 42.2. The van der Waals surface area contributed by atoms with Gasteiger partial charge in [0, 0.05) is 19.8 Å². The van der Waals surface area contributed by atoms with Gasteiger partial charge in [-0.2, -0.15) is 0 Å². The number of aromatic hydroxyl groups is 1. The molecule has 0 aliphatic heterocycles. The Bertz CT molecular complexity index is 1350. The number of rotatable bonds is 5. The van der Waals surface area contributed by atoms with E-state index < -0.39 is 17.1 Å². The number of aryl methyl sites for hydroxylation is 3. The molecule has 1 amide bonds. The highest BCUT2D eigenvalue weighted by Gasteiger charge is 2.22. The molecule has 0 aliphatic rings.